The summed E-state index contributed by atoms with van der Waals surface area (Å²) in [4.78, 5) is 24.6. The molecule has 0 aromatic heterocycles. The third-order valence-electron chi connectivity index (χ3n) is 4.08. The predicted octanol–water partition coefficient (Wildman–Crippen LogP) is 5.35. The molecule has 30 heavy (non-hydrogen) atoms. The van der Waals surface area contributed by atoms with Crippen LogP contribution < -0.4 is 20.7 Å². The second-order valence-electron chi connectivity index (χ2n) is 6.98. The van der Waals surface area contributed by atoms with Crippen LogP contribution in [0.3, 0.4) is 0 Å². The maximum atomic E-state index is 12.7. The summed E-state index contributed by atoms with van der Waals surface area (Å²) in [5.41, 5.74) is 1.68. The number of carbonyl (C=O) groups is 2. The molecule has 0 saturated heterocycles. The van der Waals surface area contributed by atoms with Gasteiger partial charge in [-0.2, -0.15) is 0 Å². The smallest absolute Gasteiger partial charge is 0.261 e. The van der Waals surface area contributed by atoms with Gasteiger partial charge in [0.2, 0.25) is 5.91 Å². The first-order valence-electron chi connectivity index (χ1n) is 9.75. The molecule has 0 bridgehead atoms. The van der Waals surface area contributed by atoms with E-state index >= 15 is 0 Å². The van der Waals surface area contributed by atoms with E-state index in [1.165, 1.54) is 0 Å². The largest absolute Gasteiger partial charge is 0.493 e. The molecule has 2 amide bonds. The van der Waals surface area contributed by atoms with Gasteiger partial charge in [0.15, 0.2) is 5.11 Å². The Kier molecular flexibility index (Phi) is 9.26. The van der Waals surface area contributed by atoms with Crippen molar-refractivity contribution < 1.29 is 14.3 Å². The number of amides is 2. The van der Waals surface area contributed by atoms with E-state index in [0.29, 0.717) is 29.3 Å². The minimum atomic E-state index is -0.371. The lowest BCUT2D eigenvalue weighted by Crippen LogP contribution is -2.34. The van der Waals surface area contributed by atoms with Crippen molar-refractivity contribution >= 4 is 56.4 Å². The fourth-order valence-corrected chi connectivity index (χ4v) is 3.00. The number of ether oxygens (including phenoxy) is 1. The molecule has 160 valence electrons. The van der Waals surface area contributed by atoms with Crippen molar-refractivity contribution in [3.8, 4) is 5.75 Å². The van der Waals surface area contributed by atoms with E-state index in [1.54, 1.807) is 36.4 Å². The van der Waals surface area contributed by atoms with E-state index in [-0.39, 0.29) is 22.8 Å². The molecule has 2 rings (SSSR count). The third kappa shape index (κ3) is 7.42. The average molecular weight is 492 g/mol. The molecule has 0 fully saturated rings. The van der Waals surface area contributed by atoms with Crippen LogP contribution in [0.5, 0.6) is 5.75 Å². The van der Waals surface area contributed by atoms with E-state index < -0.39 is 0 Å². The number of anilines is 2. The van der Waals surface area contributed by atoms with Gasteiger partial charge in [-0.1, -0.05) is 49.2 Å². The standard InChI is InChI=1S/C22H26BrN3O3S/c1-4-5-11-29-19-10-9-15(23)12-18(19)21(28)26-22(30)25-17-8-6-7-16(13-17)24-20(27)14(2)3/h6-10,12-14H,4-5,11H2,1-3H3,(H,24,27)(H2,25,26,28,30). The predicted molar refractivity (Wildman–Crippen MR) is 128 cm³/mol. The van der Waals surface area contributed by atoms with Crippen LogP contribution in [0, 0.1) is 5.92 Å². The molecule has 0 aliphatic rings. The van der Waals surface area contributed by atoms with Gasteiger partial charge in [0.25, 0.3) is 5.91 Å². The second-order valence-corrected chi connectivity index (χ2v) is 8.30. The number of carbonyl (C=O) groups excluding carboxylic acids is 2. The summed E-state index contributed by atoms with van der Waals surface area (Å²) in [6.07, 6.45) is 1.91. The van der Waals surface area contributed by atoms with E-state index in [1.807, 2.05) is 19.9 Å². The molecule has 2 aromatic carbocycles. The van der Waals surface area contributed by atoms with Crippen LogP contribution in [-0.2, 0) is 4.79 Å². The second kappa shape index (κ2) is 11.7. The van der Waals surface area contributed by atoms with E-state index in [9.17, 15) is 9.59 Å². The molecular weight excluding hydrogens is 466 g/mol. The molecule has 2 aromatic rings. The van der Waals surface area contributed by atoms with Crippen molar-refractivity contribution in [2.45, 2.75) is 33.6 Å². The number of hydrogen-bond donors (Lipinski definition) is 3. The quantitative estimate of drug-likeness (QED) is 0.342. The molecular formula is C22H26BrN3O3S. The van der Waals surface area contributed by atoms with Crippen molar-refractivity contribution in [3.05, 3.63) is 52.5 Å². The van der Waals surface area contributed by atoms with Crippen LogP contribution >= 0.6 is 28.1 Å². The van der Waals surface area contributed by atoms with Crippen LogP contribution in [0.4, 0.5) is 11.4 Å². The van der Waals surface area contributed by atoms with Crippen LogP contribution in [0.2, 0.25) is 0 Å². The topological polar surface area (TPSA) is 79.5 Å². The van der Waals surface area contributed by atoms with Gasteiger partial charge in [-0.05, 0) is 55.0 Å². The zero-order valence-corrected chi connectivity index (χ0v) is 19.7. The minimum Gasteiger partial charge on any atom is -0.493 e. The number of halogens is 1. The molecule has 0 aliphatic carbocycles. The SMILES string of the molecule is CCCCOc1ccc(Br)cc1C(=O)NC(=S)Nc1cccc(NC(=O)C(C)C)c1. The zero-order chi connectivity index (χ0) is 22.1. The number of hydrogen-bond acceptors (Lipinski definition) is 4. The fourth-order valence-electron chi connectivity index (χ4n) is 2.43. The summed E-state index contributed by atoms with van der Waals surface area (Å²) >= 11 is 8.67. The molecule has 0 radical (unpaired) electrons. The highest BCUT2D eigenvalue weighted by Gasteiger charge is 2.15. The monoisotopic (exact) mass is 491 g/mol. The summed E-state index contributed by atoms with van der Waals surface area (Å²) in [5, 5.41) is 8.62. The van der Waals surface area contributed by atoms with Crippen LogP contribution in [-0.4, -0.2) is 23.5 Å². The fraction of sp³-hybridized carbons (Fsp3) is 0.318. The molecule has 3 N–H and O–H groups in total. The maximum absolute atomic E-state index is 12.7. The first kappa shape index (κ1) is 23.8. The summed E-state index contributed by atoms with van der Waals surface area (Å²) in [5.74, 6) is -0.0656. The average Bonchev–Trinajstić information content (AvgIpc) is 2.69. The lowest BCUT2D eigenvalue weighted by atomic mass is 10.2. The number of unbranched alkanes of at least 4 members (excludes halogenated alkanes) is 1. The van der Waals surface area contributed by atoms with Gasteiger partial charge in [0, 0.05) is 21.8 Å². The Morgan fingerprint density at radius 1 is 1.10 bits per heavy atom. The van der Waals surface area contributed by atoms with Gasteiger partial charge in [-0.3, -0.25) is 14.9 Å². The van der Waals surface area contributed by atoms with Gasteiger partial charge in [0.1, 0.15) is 5.75 Å². The van der Waals surface area contributed by atoms with E-state index in [4.69, 9.17) is 17.0 Å². The summed E-state index contributed by atoms with van der Waals surface area (Å²) < 4.78 is 6.51. The Bertz CT molecular complexity index is 918. The van der Waals surface area contributed by atoms with Gasteiger partial charge in [-0.15, -0.1) is 0 Å². The normalized spacial score (nSPS) is 10.4. The maximum Gasteiger partial charge on any atom is 0.261 e. The lowest BCUT2D eigenvalue weighted by molar-refractivity contribution is -0.118. The number of nitrogens with one attached hydrogen (secondary N) is 3. The molecule has 0 heterocycles. The number of benzene rings is 2. The number of rotatable bonds is 8. The summed E-state index contributed by atoms with van der Waals surface area (Å²) in [6.45, 7) is 6.26. The highest BCUT2D eigenvalue weighted by Crippen LogP contribution is 2.24. The minimum absolute atomic E-state index is 0.0757. The van der Waals surface area contributed by atoms with Gasteiger partial charge >= 0.3 is 0 Å². The highest BCUT2D eigenvalue weighted by atomic mass is 79.9. The molecule has 8 heteroatoms. The Hall–Kier alpha value is -2.45. The van der Waals surface area contributed by atoms with Crippen molar-refractivity contribution in [3.63, 3.8) is 0 Å². The van der Waals surface area contributed by atoms with Crippen LogP contribution in [0.1, 0.15) is 44.0 Å². The van der Waals surface area contributed by atoms with Gasteiger partial charge < -0.3 is 15.4 Å². The Labute approximate surface area is 190 Å². The Morgan fingerprint density at radius 3 is 2.47 bits per heavy atom. The Morgan fingerprint density at radius 2 is 1.80 bits per heavy atom. The summed E-state index contributed by atoms with van der Waals surface area (Å²) in [6, 6.07) is 12.4. The molecule has 0 unspecified atom stereocenters. The van der Waals surface area contributed by atoms with Gasteiger partial charge in [0.05, 0.1) is 12.2 Å². The van der Waals surface area contributed by atoms with Crippen molar-refractivity contribution in [1.29, 1.82) is 0 Å². The Balaban J connectivity index is 2.04. The third-order valence-corrected chi connectivity index (χ3v) is 4.78. The summed E-state index contributed by atoms with van der Waals surface area (Å²) in [7, 11) is 0. The first-order valence-corrected chi connectivity index (χ1v) is 11.0. The van der Waals surface area contributed by atoms with Crippen molar-refractivity contribution in [2.75, 3.05) is 17.2 Å². The highest BCUT2D eigenvalue weighted by molar-refractivity contribution is 9.10. The lowest BCUT2D eigenvalue weighted by Gasteiger charge is -2.14. The molecule has 0 saturated carbocycles. The zero-order valence-electron chi connectivity index (χ0n) is 17.3. The van der Waals surface area contributed by atoms with Crippen molar-refractivity contribution in [1.82, 2.24) is 5.32 Å². The molecule has 0 atom stereocenters. The molecule has 0 aliphatic heterocycles. The van der Waals surface area contributed by atoms with E-state index in [2.05, 4.69) is 38.8 Å². The van der Waals surface area contributed by atoms with E-state index in [0.717, 1.165) is 17.3 Å². The number of thiocarbonyl (C=S) groups is 1. The first-order chi connectivity index (χ1) is 14.3. The van der Waals surface area contributed by atoms with Crippen LogP contribution in [0.15, 0.2) is 46.9 Å². The molecule has 0 spiro atoms. The van der Waals surface area contributed by atoms with Crippen LogP contribution in [0.25, 0.3) is 0 Å². The van der Waals surface area contributed by atoms with Gasteiger partial charge in [-0.25, -0.2) is 0 Å². The molecule has 6 nitrogen and oxygen atoms in total. The van der Waals surface area contributed by atoms with Crippen molar-refractivity contribution in [2.24, 2.45) is 5.92 Å².